The minimum atomic E-state index is -0.533. The van der Waals surface area contributed by atoms with Gasteiger partial charge in [-0.3, -0.25) is 4.79 Å². The van der Waals surface area contributed by atoms with Crippen LogP contribution in [0.15, 0.2) is 12.1 Å². The number of carbonyl (C=O) groups is 1. The molecule has 0 atom stereocenters. The van der Waals surface area contributed by atoms with Gasteiger partial charge in [0.15, 0.2) is 0 Å². The number of amides is 1. The summed E-state index contributed by atoms with van der Waals surface area (Å²) in [5.41, 5.74) is 12.3. The first-order valence-corrected chi connectivity index (χ1v) is 6.86. The van der Waals surface area contributed by atoms with E-state index in [9.17, 15) is 4.79 Å². The van der Waals surface area contributed by atoms with E-state index in [-0.39, 0.29) is 5.69 Å². The average Bonchev–Trinajstić information content (AvgIpc) is 2.87. The standard InChI is InChI=1S/C14H22N4O/c1-2-14(7-3-4-8-14)9-17-13-10(15)5-6-11(18-13)12(16)19/h5-6H,2-4,7-9,15H2,1H3,(H2,16,19)(H,17,18). The zero-order valence-electron chi connectivity index (χ0n) is 11.4. The van der Waals surface area contributed by atoms with Gasteiger partial charge >= 0.3 is 0 Å². The number of pyridine rings is 1. The van der Waals surface area contributed by atoms with Crippen molar-refractivity contribution in [1.82, 2.24) is 4.98 Å². The van der Waals surface area contributed by atoms with Crippen LogP contribution in [0.25, 0.3) is 0 Å². The molecule has 5 N–H and O–H groups in total. The molecular formula is C14H22N4O. The van der Waals surface area contributed by atoms with Crippen LogP contribution in [0.4, 0.5) is 11.5 Å². The van der Waals surface area contributed by atoms with E-state index in [4.69, 9.17) is 11.5 Å². The molecule has 2 rings (SSSR count). The lowest BCUT2D eigenvalue weighted by Crippen LogP contribution is -2.27. The van der Waals surface area contributed by atoms with Gasteiger partial charge in [0.05, 0.1) is 5.69 Å². The van der Waals surface area contributed by atoms with Gasteiger partial charge in [0.2, 0.25) is 0 Å². The molecular weight excluding hydrogens is 240 g/mol. The van der Waals surface area contributed by atoms with Gasteiger partial charge in [0, 0.05) is 6.54 Å². The lowest BCUT2D eigenvalue weighted by molar-refractivity contribution is 0.0996. The average molecular weight is 262 g/mol. The third kappa shape index (κ3) is 2.97. The number of rotatable bonds is 5. The van der Waals surface area contributed by atoms with Crippen LogP contribution in [0, 0.1) is 5.41 Å². The van der Waals surface area contributed by atoms with Crippen molar-refractivity contribution in [3.8, 4) is 0 Å². The monoisotopic (exact) mass is 262 g/mol. The quantitative estimate of drug-likeness (QED) is 0.757. The highest BCUT2D eigenvalue weighted by Crippen LogP contribution is 2.41. The Labute approximate surface area is 113 Å². The number of nitrogen functional groups attached to an aromatic ring is 1. The third-order valence-corrected chi connectivity index (χ3v) is 4.22. The van der Waals surface area contributed by atoms with Crippen LogP contribution in [0.5, 0.6) is 0 Å². The molecule has 0 radical (unpaired) electrons. The molecule has 1 fully saturated rings. The Morgan fingerprint density at radius 3 is 2.68 bits per heavy atom. The Morgan fingerprint density at radius 1 is 1.42 bits per heavy atom. The maximum absolute atomic E-state index is 11.1. The summed E-state index contributed by atoms with van der Waals surface area (Å²) in [7, 11) is 0. The number of nitrogens with zero attached hydrogens (tertiary/aromatic N) is 1. The van der Waals surface area contributed by atoms with Crippen molar-refractivity contribution in [2.24, 2.45) is 11.1 Å². The molecule has 1 aliphatic rings. The third-order valence-electron chi connectivity index (χ3n) is 4.22. The molecule has 0 unspecified atom stereocenters. The molecule has 1 amide bonds. The van der Waals surface area contributed by atoms with E-state index in [0.29, 0.717) is 16.9 Å². The van der Waals surface area contributed by atoms with Crippen LogP contribution in [0.3, 0.4) is 0 Å². The topological polar surface area (TPSA) is 94.0 Å². The van der Waals surface area contributed by atoms with Gasteiger partial charge in [-0.15, -0.1) is 0 Å². The Morgan fingerprint density at radius 2 is 2.11 bits per heavy atom. The number of hydrogen-bond acceptors (Lipinski definition) is 4. The fourth-order valence-corrected chi connectivity index (χ4v) is 2.80. The molecule has 0 saturated heterocycles. The van der Waals surface area contributed by atoms with E-state index in [1.807, 2.05) is 0 Å². The van der Waals surface area contributed by atoms with Crippen LogP contribution < -0.4 is 16.8 Å². The van der Waals surface area contributed by atoms with Crippen molar-refractivity contribution < 1.29 is 4.79 Å². The number of primary amides is 1. The van der Waals surface area contributed by atoms with Gasteiger partial charge < -0.3 is 16.8 Å². The SMILES string of the molecule is CCC1(CNc2nc(C(N)=O)ccc2N)CCCC1. The van der Waals surface area contributed by atoms with E-state index < -0.39 is 5.91 Å². The molecule has 1 aromatic rings. The summed E-state index contributed by atoms with van der Waals surface area (Å²) in [5, 5.41) is 3.30. The van der Waals surface area contributed by atoms with Gasteiger partial charge in [-0.05, 0) is 36.8 Å². The van der Waals surface area contributed by atoms with E-state index >= 15 is 0 Å². The van der Waals surface area contributed by atoms with Gasteiger partial charge in [0.25, 0.3) is 5.91 Å². The molecule has 1 aliphatic carbocycles. The van der Waals surface area contributed by atoms with Crippen LogP contribution in [0.1, 0.15) is 49.5 Å². The predicted octanol–water partition coefficient (Wildman–Crippen LogP) is 2.14. The van der Waals surface area contributed by atoms with Crippen molar-refractivity contribution in [2.75, 3.05) is 17.6 Å². The summed E-state index contributed by atoms with van der Waals surface area (Å²) in [5.74, 6) is 0.0325. The molecule has 5 heteroatoms. The zero-order valence-corrected chi connectivity index (χ0v) is 11.4. The lowest BCUT2D eigenvalue weighted by Gasteiger charge is -2.28. The fourth-order valence-electron chi connectivity index (χ4n) is 2.80. The second kappa shape index (κ2) is 5.47. The van der Waals surface area contributed by atoms with Gasteiger partial charge in [0.1, 0.15) is 11.5 Å². The highest BCUT2D eigenvalue weighted by Gasteiger charge is 2.31. The first-order chi connectivity index (χ1) is 9.06. The highest BCUT2D eigenvalue weighted by molar-refractivity contribution is 5.91. The zero-order chi connectivity index (χ0) is 13.9. The molecule has 1 aromatic heterocycles. The lowest BCUT2D eigenvalue weighted by atomic mass is 9.83. The number of hydrogen-bond donors (Lipinski definition) is 3. The number of aromatic nitrogens is 1. The fraction of sp³-hybridized carbons (Fsp3) is 0.571. The molecule has 1 saturated carbocycles. The van der Waals surface area contributed by atoms with Gasteiger partial charge in [-0.2, -0.15) is 0 Å². The van der Waals surface area contributed by atoms with E-state index in [1.54, 1.807) is 12.1 Å². The maximum atomic E-state index is 11.1. The largest absolute Gasteiger partial charge is 0.396 e. The minimum Gasteiger partial charge on any atom is -0.396 e. The molecule has 1 heterocycles. The van der Waals surface area contributed by atoms with Gasteiger partial charge in [-0.1, -0.05) is 19.8 Å². The van der Waals surface area contributed by atoms with Crippen LogP contribution >= 0.6 is 0 Å². The number of nitrogens with one attached hydrogen (secondary N) is 1. The van der Waals surface area contributed by atoms with E-state index in [2.05, 4.69) is 17.2 Å². The number of nitrogens with two attached hydrogens (primary N) is 2. The Kier molecular flexibility index (Phi) is 3.93. The maximum Gasteiger partial charge on any atom is 0.267 e. The van der Waals surface area contributed by atoms with E-state index in [1.165, 1.54) is 25.7 Å². The predicted molar refractivity (Wildman–Crippen MR) is 76.8 cm³/mol. The first-order valence-electron chi connectivity index (χ1n) is 6.86. The molecule has 0 spiro atoms. The summed E-state index contributed by atoms with van der Waals surface area (Å²) in [6.45, 7) is 3.08. The molecule has 0 aliphatic heterocycles. The second-order valence-electron chi connectivity index (χ2n) is 5.41. The summed E-state index contributed by atoms with van der Waals surface area (Å²) in [6.07, 6.45) is 6.22. The molecule has 104 valence electrons. The number of anilines is 2. The molecule has 0 bridgehead atoms. The van der Waals surface area contributed by atoms with Crippen LogP contribution in [-0.2, 0) is 0 Å². The minimum absolute atomic E-state index is 0.244. The van der Waals surface area contributed by atoms with E-state index in [0.717, 1.165) is 13.0 Å². The smallest absolute Gasteiger partial charge is 0.267 e. The summed E-state index contributed by atoms with van der Waals surface area (Å²) < 4.78 is 0. The Balaban J connectivity index is 2.10. The molecule has 5 nitrogen and oxygen atoms in total. The normalized spacial score (nSPS) is 17.3. The van der Waals surface area contributed by atoms with Crippen molar-refractivity contribution in [2.45, 2.75) is 39.0 Å². The van der Waals surface area contributed by atoms with Crippen molar-refractivity contribution in [1.29, 1.82) is 0 Å². The second-order valence-corrected chi connectivity index (χ2v) is 5.41. The first kappa shape index (κ1) is 13.6. The molecule has 19 heavy (non-hydrogen) atoms. The van der Waals surface area contributed by atoms with Crippen molar-refractivity contribution >= 4 is 17.4 Å². The summed E-state index contributed by atoms with van der Waals surface area (Å²) in [6, 6.07) is 3.22. The highest BCUT2D eigenvalue weighted by atomic mass is 16.1. The van der Waals surface area contributed by atoms with Crippen LogP contribution in [0.2, 0.25) is 0 Å². The van der Waals surface area contributed by atoms with Crippen LogP contribution in [-0.4, -0.2) is 17.4 Å². The summed E-state index contributed by atoms with van der Waals surface area (Å²) in [4.78, 5) is 15.3. The Bertz CT molecular complexity index is 467. The van der Waals surface area contributed by atoms with Crippen molar-refractivity contribution in [3.63, 3.8) is 0 Å². The van der Waals surface area contributed by atoms with Gasteiger partial charge in [-0.25, -0.2) is 4.98 Å². The molecule has 0 aromatic carbocycles. The Hall–Kier alpha value is -1.78. The van der Waals surface area contributed by atoms with Crippen molar-refractivity contribution in [3.05, 3.63) is 17.8 Å². The summed E-state index contributed by atoms with van der Waals surface area (Å²) >= 11 is 0. The number of carbonyl (C=O) groups excluding carboxylic acids is 1.